The summed E-state index contributed by atoms with van der Waals surface area (Å²) >= 11 is 0. The Morgan fingerprint density at radius 3 is 1.23 bits per heavy atom. The molecule has 0 saturated heterocycles. The maximum Gasteiger partial charge on any atom is 0.256 e. The Morgan fingerprint density at radius 1 is 0.682 bits per heavy atom. The summed E-state index contributed by atoms with van der Waals surface area (Å²) in [5, 5.41) is 0. The second kappa shape index (κ2) is 5.75. The number of nitrogens with zero attached hydrogens (tertiary/aromatic N) is 1. The van der Waals surface area contributed by atoms with E-state index in [4.69, 9.17) is 0 Å². The van der Waals surface area contributed by atoms with Crippen LogP contribution < -0.4 is 0 Å². The van der Waals surface area contributed by atoms with Crippen LogP contribution in [0.25, 0.3) is 0 Å². The first-order chi connectivity index (χ1) is 10.2. The normalized spacial score (nSPS) is 12.5. The molecule has 0 N–H and O–H groups in total. The molecule has 0 aromatic heterocycles. The molecule has 118 valence electrons. The molecule has 2 aromatic carbocycles. The van der Waals surface area contributed by atoms with E-state index in [1.165, 1.54) is 0 Å². The van der Waals surface area contributed by atoms with Gasteiger partial charge in [0.25, 0.3) is 20.0 Å². The third kappa shape index (κ3) is 3.01. The second-order valence-corrected chi connectivity index (χ2v) is 8.47. The van der Waals surface area contributed by atoms with Crippen molar-refractivity contribution in [2.45, 2.75) is 9.79 Å². The van der Waals surface area contributed by atoms with Gasteiger partial charge in [0, 0.05) is 7.05 Å². The molecule has 0 heterocycles. The summed E-state index contributed by atoms with van der Waals surface area (Å²) < 4.78 is 75.0. The number of halogens is 2. The molecule has 0 bridgehead atoms. The van der Waals surface area contributed by atoms with Crippen LogP contribution in [0.2, 0.25) is 0 Å². The second-order valence-electron chi connectivity index (χ2n) is 4.30. The van der Waals surface area contributed by atoms with Crippen molar-refractivity contribution in [3.05, 3.63) is 60.2 Å². The van der Waals surface area contributed by atoms with Crippen LogP contribution in [-0.2, 0) is 20.0 Å². The largest absolute Gasteiger partial charge is 0.256 e. The summed E-state index contributed by atoms with van der Waals surface area (Å²) in [7, 11) is -7.91. The Kier molecular flexibility index (Phi) is 4.32. The Labute approximate surface area is 126 Å². The quantitative estimate of drug-likeness (QED) is 0.848. The lowest BCUT2D eigenvalue weighted by Crippen LogP contribution is -2.33. The third-order valence-corrected chi connectivity index (χ3v) is 7.17. The molecule has 9 heteroatoms. The molecule has 0 aliphatic heterocycles. The fraction of sp³-hybridized carbons (Fsp3) is 0.0769. The third-order valence-electron chi connectivity index (χ3n) is 2.90. The summed E-state index contributed by atoms with van der Waals surface area (Å²) in [4.78, 5) is -0.746. The number of hydrogen-bond donors (Lipinski definition) is 0. The van der Waals surface area contributed by atoms with E-state index in [1.807, 2.05) is 0 Å². The highest BCUT2D eigenvalue weighted by atomic mass is 32.3. The van der Waals surface area contributed by atoms with E-state index < -0.39 is 31.7 Å². The lowest BCUT2D eigenvalue weighted by molar-refractivity contribution is 0.525. The van der Waals surface area contributed by atoms with Crippen LogP contribution >= 0.6 is 0 Å². The van der Waals surface area contributed by atoms with Gasteiger partial charge in [-0.2, -0.15) is 0 Å². The van der Waals surface area contributed by atoms with Gasteiger partial charge in [0.1, 0.15) is 11.6 Å². The van der Waals surface area contributed by atoms with Crippen molar-refractivity contribution in [2.24, 2.45) is 0 Å². The van der Waals surface area contributed by atoms with Crippen LogP contribution in [0.4, 0.5) is 8.78 Å². The highest BCUT2D eigenvalue weighted by Crippen LogP contribution is 2.22. The van der Waals surface area contributed by atoms with E-state index in [9.17, 15) is 25.6 Å². The van der Waals surface area contributed by atoms with Crippen molar-refractivity contribution in [1.29, 1.82) is 0 Å². The molecule has 0 radical (unpaired) electrons. The molecule has 0 atom stereocenters. The minimum absolute atomic E-state index is 0.167. The minimum atomic E-state index is -4.39. The highest BCUT2D eigenvalue weighted by Gasteiger charge is 2.32. The van der Waals surface area contributed by atoms with E-state index in [-0.39, 0.29) is 13.5 Å². The summed E-state index contributed by atoms with van der Waals surface area (Å²) in [6.45, 7) is 0. The van der Waals surface area contributed by atoms with E-state index in [0.29, 0.717) is 0 Å². The zero-order chi connectivity index (χ0) is 16.5. The Bertz CT molecular complexity index is 801. The van der Waals surface area contributed by atoms with Gasteiger partial charge in [0.2, 0.25) is 0 Å². The average molecular weight is 347 g/mol. The Balaban J connectivity index is 2.47. The molecule has 22 heavy (non-hydrogen) atoms. The zero-order valence-corrected chi connectivity index (χ0v) is 12.9. The Hall–Kier alpha value is -1.84. The zero-order valence-electron chi connectivity index (χ0n) is 11.3. The van der Waals surface area contributed by atoms with Crippen LogP contribution in [0.1, 0.15) is 0 Å². The molecule has 5 nitrogen and oxygen atoms in total. The number of sulfonamides is 2. The van der Waals surface area contributed by atoms with Crippen LogP contribution in [0.15, 0.2) is 58.3 Å². The first-order valence-electron chi connectivity index (χ1n) is 5.91. The predicted octanol–water partition coefficient (Wildman–Crippen LogP) is 1.97. The SMILES string of the molecule is CN(S(=O)(=O)c1ccc(F)cc1)S(=O)(=O)c1ccc(F)cc1. The van der Waals surface area contributed by atoms with Crippen molar-refractivity contribution in [3.8, 4) is 0 Å². The standard InChI is InChI=1S/C13H11F2NO4S2/c1-16(21(17,18)12-6-2-10(14)3-7-12)22(19,20)13-8-4-11(15)5-9-13/h2-9H,1H3. The van der Waals surface area contributed by atoms with Crippen LogP contribution in [0.5, 0.6) is 0 Å². The van der Waals surface area contributed by atoms with E-state index in [0.717, 1.165) is 55.6 Å². The predicted molar refractivity (Wildman–Crippen MR) is 74.9 cm³/mol. The van der Waals surface area contributed by atoms with Gasteiger partial charge in [-0.15, -0.1) is 0 Å². The maximum absolute atomic E-state index is 12.9. The van der Waals surface area contributed by atoms with Gasteiger partial charge in [-0.05, 0) is 48.5 Å². The first-order valence-corrected chi connectivity index (χ1v) is 8.79. The molecular weight excluding hydrogens is 336 g/mol. The van der Waals surface area contributed by atoms with E-state index >= 15 is 0 Å². The number of rotatable bonds is 4. The molecule has 0 spiro atoms. The summed E-state index contributed by atoms with van der Waals surface area (Å²) in [5.41, 5.74) is 0. The molecular formula is C13H11F2NO4S2. The van der Waals surface area contributed by atoms with Gasteiger partial charge in [-0.3, -0.25) is 0 Å². The maximum atomic E-state index is 12.9. The lowest BCUT2D eigenvalue weighted by atomic mass is 10.4. The fourth-order valence-corrected chi connectivity index (χ4v) is 4.74. The molecule has 0 unspecified atom stereocenters. The van der Waals surface area contributed by atoms with Crippen molar-refractivity contribution >= 4 is 20.0 Å². The molecule has 0 aliphatic carbocycles. The van der Waals surface area contributed by atoms with Crippen molar-refractivity contribution < 1.29 is 25.6 Å². The Morgan fingerprint density at radius 2 is 0.955 bits per heavy atom. The van der Waals surface area contributed by atoms with Gasteiger partial charge in [0.05, 0.1) is 9.79 Å². The van der Waals surface area contributed by atoms with Crippen LogP contribution in [0, 0.1) is 11.6 Å². The molecule has 0 aliphatic rings. The minimum Gasteiger partial charge on any atom is -0.207 e. The van der Waals surface area contributed by atoms with Crippen molar-refractivity contribution in [3.63, 3.8) is 0 Å². The van der Waals surface area contributed by atoms with E-state index in [2.05, 4.69) is 0 Å². The fourth-order valence-electron chi connectivity index (χ4n) is 1.64. The smallest absolute Gasteiger partial charge is 0.207 e. The summed E-state index contributed by atoms with van der Waals surface area (Å²) in [6.07, 6.45) is 0. The molecule has 0 amide bonds. The lowest BCUT2D eigenvalue weighted by Gasteiger charge is -2.17. The van der Waals surface area contributed by atoms with Crippen molar-refractivity contribution in [2.75, 3.05) is 7.05 Å². The highest BCUT2D eigenvalue weighted by molar-refractivity contribution is 8.04. The van der Waals surface area contributed by atoms with Crippen molar-refractivity contribution in [1.82, 2.24) is 3.71 Å². The molecule has 2 rings (SSSR count). The van der Waals surface area contributed by atoms with Gasteiger partial charge in [0.15, 0.2) is 0 Å². The topological polar surface area (TPSA) is 71.5 Å². The molecule has 0 saturated carbocycles. The van der Waals surface area contributed by atoms with Gasteiger partial charge in [-0.1, -0.05) is 3.71 Å². The first kappa shape index (κ1) is 16.5. The summed E-state index contributed by atoms with van der Waals surface area (Å²) in [6, 6.07) is 7.47. The monoisotopic (exact) mass is 347 g/mol. The van der Waals surface area contributed by atoms with E-state index in [1.54, 1.807) is 0 Å². The van der Waals surface area contributed by atoms with Gasteiger partial charge < -0.3 is 0 Å². The van der Waals surface area contributed by atoms with Crippen LogP contribution in [0.3, 0.4) is 0 Å². The number of hydrogen-bond acceptors (Lipinski definition) is 4. The number of benzene rings is 2. The molecule has 0 fully saturated rings. The molecule has 2 aromatic rings. The summed E-state index contributed by atoms with van der Waals surface area (Å²) in [5.74, 6) is -1.30. The van der Waals surface area contributed by atoms with Gasteiger partial charge in [-0.25, -0.2) is 25.6 Å². The van der Waals surface area contributed by atoms with Crippen LogP contribution in [-0.4, -0.2) is 27.6 Å². The van der Waals surface area contributed by atoms with Gasteiger partial charge >= 0.3 is 0 Å². The average Bonchev–Trinajstić information content (AvgIpc) is 2.47.